The maximum Gasteiger partial charge on any atom is 0.340 e. The maximum absolute atomic E-state index is 13.1. The van der Waals surface area contributed by atoms with Gasteiger partial charge in [0, 0.05) is 17.3 Å². The molecule has 0 radical (unpaired) electrons. The van der Waals surface area contributed by atoms with E-state index in [-0.39, 0.29) is 12.5 Å². The number of hydrogen-bond donors (Lipinski definition) is 0. The van der Waals surface area contributed by atoms with Gasteiger partial charge in [-0.15, -0.1) is 0 Å². The van der Waals surface area contributed by atoms with Crippen molar-refractivity contribution in [3.8, 4) is 16.9 Å². The Bertz CT molecular complexity index is 1290. The number of carbonyl (C=O) groups excluding carboxylic acids is 2. The van der Waals surface area contributed by atoms with Crippen LogP contribution in [-0.2, 0) is 11.3 Å². The van der Waals surface area contributed by atoms with Crippen LogP contribution in [0.3, 0.4) is 0 Å². The molecule has 2 aromatic heterocycles. The molecule has 2 heterocycles. The van der Waals surface area contributed by atoms with E-state index in [1.54, 1.807) is 17.5 Å². The first kappa shape index (κ1) is 22.3. The fraction of sp³-hybridized carbons (Fsp3) is 0.214. The molecule has 0 spiro atoms. The quantitative estimate of drug-likeness (QED) is 0.238. The van der Waals surface area contributed by atoms with Crippen molar-refractivity contribution in [2.24, 2.45) is 0 Å². The first-order chi connectivity index (χ1) is 16.0. The van der Waals surface area contributed by atoms with Gasteiger partial charge in [-0.05, 0) is 48.2 Å². The van der Waals surface area contributed by atoms with E-state index < -0.39 is 5.97 Å². The van der Waals surface area contributed by atoms with Gasteiger partial charge in [-0.1, -0.05) is 56.3 Å². The van der Waals surface area contributed by atoms with Crippen LogP contribution in [0, 0.1) is 0 Å². The Morgan fingerprint density at radius 3 is 2.48 bits per heavy atom. The minimum absolute atomic E-state index is 0.238. The highest BCUT2D eigenvalue weighted by molar-refractivity contribution is 6.10. The standard InChI is InChI=1S/C28H27NO4/c1-4-32-28(31)27-23-12-8-9-15-29(23)24(17-30)26(27)22-16-21(19(2)3)13-14-25(22)33-18-20-10-6-5-7-11-20/h5-17,19H,4,18H2,1-3H3. The van der Waals surface area contributed by atoms with E-state index in [4.69, 9.17) is 9.47 Å². The van der Waals surface area contributed by atoms with Crippen LogP contribution in [0.2, 0.25) is 0 Å². The van der Waals surface area contributed by atoms with Crippen molar-refractivity contribution < 1.29 is 19.1 Å². The van der Waals surface area contributed by atoms with Gasteiger partial charge in [0.05, 0.1) is 23.4 Å². The molecule has 0 aliphatic heterocycles. The number of aromatic nitrogens is 1. The molecule has 0 atom stereocenters. The molecular weight excluding hydrogens is 414 g/mol. The fourth-order valence-corrected chi connectivity index (χ4v) is 4.00. The summed E-state index contributed by atoms with van der Waals surface area (Å²) in [5, 5.41) is 0. The summed E-state index contributed by atoms with van der Waals surface area (Å²) in [5.74, 6) is 0.399. The Labute approximate surface area is 193 Å². The molecule has 0 aliphatic carbocycles. The fourth-order valence-electron chi connectivity index (χ4n) is 4.00. The van der Waals surface area contributed by atoms with Gasteiger partial charge < -0.3 is 13.9 Å². The summed E-state index contributed by atoms with van der Waals surface area (Å²) in [6, 6.07) is 21.3. The average Bonchev–Trinajstić information content (AvgIpc) is 3.17. The number of hydrogen-bond acceptors (Lipinski definition) is 4. The predicted octanol–water partition coefficient (Wildman–Crippen LogP) is 6.30. The van der Waals surface area contributed by atoms with E-state index >= 15 is 0 Å². The third kappa shape index (κ3) is 4.40. The minimum atomic E-state index is -0.465. The topological polar surface area (TPSA) is 57.0 Å². The number of pyridine rings is 1. The van der Waals surface area contributed by atoms with Crippen LogP contribution >= 0.6 is 0 Å². The Morgan fingerprint density at radius 2 is 1.79 bits per heavy atom. The molecule has 4 aromatic rings. The van der Waals surface area contributed by atoms with Gasteiger partial charge in [-0.25, -0.2) is 4.79 Å². The third-order valence-electron chi connectivity index (χ3n) is 5.65. The van der Waals surface area contributed by atoms with Crippen LogP contribution in [-0.4, -0.2) is 23.3 Å². The maximum atomic E-state index is 13.1. The van der Waals surface area contributed by atoms with Gasteiger partial charge in [0.15, 0.2) is 6.29 Å². The molecule has 33 heavy (non-hydrogen) atoms. The summed E-state index contributed by atoms with van der Waals surface area (Å²) >= 11 is 0. The first-order valence-electron chi connectivity index (χ1n) is 11.1. The SMILES string of the molecule is CCOC(=O)c1c(-c2cc(C(C)C)ccc2OCc2ccccc2)c(C=O)n2ccccc12. The lowest BCUT2D eigenvalue weighted by Gasteiger charge is -2.16. The molecule has 0 fully saturated rings. The zero-order valence-corrected chi connectivity index (χ0v) is 19.1. The summed E-state index contributed by atoms with van der Waals surface area (Å²) in [6.07, 6.45) is 2.57. The highest BCUT2D eigenvalue weighted by Crippen LogP contribution is 2.40. The minimum Gasteiger partial charge on any atom is -0.488 e. The first-order valence-corrected chi connectivity index (χ1v) is 11.1. The lowest BCUT2D eigenvalue weighted by molar-refractivity contribution is 0.0529. The number of aldehydes is 1. The monoisotopic (exact) mass is 441 g/mol. The smallest absolute Gasteiger partial charge is 0.340 e. The van der Waals surface area contributed by atoms with Crippen molar-refractivity contribution in [3.63, 3.8) is 0 Å². The van der Waals surface area contributed by atoms with Crippen molar-refractivity contribution in [2.75, 3.05) is 6.61 Å². The van der Waals surface area contributed by atoms with Crippen molar-refractivity contribution in [1.82, 2.24) is 4.40 Å². The number of nitrogens with zero attached hydrogens (tertiary/aromatic N) is 1. The molecule has 5 heteroatoms. The zero-order valence-electron chi connectivity index (χ0n) is 19.1. The van der Waals surface area contributed by atoms with Gasteiger partial charge >= 0.3 is 5.97 Å². The van der Waals surface area contributed by atoms with Gasteiger partial charge in [0.25, 0.3) is 0 Å². The summed E-state index contributed by atoms with van der Waals surface area (Å²) in [5.41, 5.74) is 4.71. The summed E-state index contributed by atoms with van der Waals surface area (Å²) in [6.45, 7) is 6.58. The van der Waals surface area contributed by atoms with Crippen LogP contribution in [0.15, 0.2) is 72.9 Å². The molecule has 0 N–H and O–H groups in total. The molecular formula is C28H27NO4. The van der Waals surface area contributed by atoms with E-state index in [1.165, 1.54) is 0 Å². The average molecular weight is 442 g/mol. The molecule has 5 nitrogen and oxygen atoms in total. The van der Waals surface area contributed by atoms with Crippen molar-refractivity contribution in [3.05, 3.63) is 95.3 Å². The van der Waals surface area contributed by atoms with Crippen LogP contribution < -0.4 is 4.74 Å². The molecule has 0 amide bonds. The van der Waals surface area contributed by atoms with Crippen molar-refractivity contribution in [1.29, 1.82) is 0 Å². The Hall–Kier alpha value is -3.86. The van der Waals surface area contributed by atoms with Crippen LogP contribution in [0.25, 0.3) is 16.6 Å². The Kier molecular flexibility index (Phi) is 6.59. The number of ether oxygens (including phenoxy) is 2. The lowest BCUT2D eigenvalue weighted by Crippen LogP contribution is -2.07. The predicted molar refractivity (Wildman–Crippen MR) is 129 cm³/mol. The van der Waals surface area contributed by atoms with E-state index in [9.17, 15) is 9.59 Å². The van der Waals surface area contributed by atoms with Gasteiger partial charge in [0.1, 0.15) is 12.4 Å². The normalized spacial score (nSPS) is 11.0. The van der Waals surface area contributed by atoms with Crippen molar-refractivity contribution >= 4 is 17.8 Å². The summed E-state index contributed by atoms with van der Waals surface area (Å²) in [7, 11) is 0. The number of benzene rings is 2. The number of rotatable bonds is 8. The van der Waals surface area contributed by atoms with E-state index in [2.05, 4.69) is 13.8 Å². The van der Waals surface area contributed by atoms with Crippen molar-refractivity contribution in [2.45, 2.75) is 33.3 Å². The van der Waals surface area contributed by atoms with Gasteiger partial charge in [-0.2, -0.15) is 0 Å². The molecule has 0 unspecified atom stereocenters. The Balaban J connectivity index is 1.95. The van der Waals surface area contributed by atoms with Gasteiger partial charge in [-0.3, -0.25) is 4.79 Å². The lowest BCUT2D eigenvalue weighted by atomic mass is 9.94. The third-order valence-corrected chi connectivity index (χ3v) is 5.65. The molecule has 4 rings (SSSR count). The largest absolute Gasteiger partial charge is 0.488 e. The molecule has 0 saturated heterocycles. The second-order valence-corrected chi connectivity index (χ2v) is 8.11. The van der Waals surface area contributed by atoms with E-state index in [1.807, 2.05) is 66.7 Å². The van der Waals surface area contributed by atoms with E-state index in [0.29, 0.717) is 40.3 Å². The molecule has 0 saturated carbocycles. The molecule has 168 valence electrons. The zero-order chi connectivity index (χ0) is 23.4. The van der Waals surface area contributed by atoms with Crippen LogP contribution in [0.5, 0.6) is 5.75 Å². The van der Waals surface area contributed by atoms with Gasteiger partial charge in [0.2, 0.25) is 0 Å². The highest BCUT2D eigenvalue weighted by atomic mass is 16.5. The second-order valence-electron chi connectivity index (χ2n) is 8.11. The number of carbonyl (C=O) groups is 2. The number of esters is 1. The molecule has 0 bridgehead atoms. The Morgan fingerprint density at radius 1 is 1.03 bits per heavy atom. The summed E-state index contributed by atoms with van der Waals surface area (Å²) in [4.78, 5) is 25.4. The highest BCUT2D eigenvalue weighted by Gasteiger charge is 2.27. The molecule has 2 aromatic carbocycles. The summed E-state index contributed by atoms with van der Waals surface area (Å²) < 4.78 is 13.4. The number of fused-ring (bicyclic) bond motifs is 1. The van der Waals surface area contributed by atoms with Crippen LogP contribution in [0.4, 0.5) is 0 Å². The molecule has 0 aliphatic rings. The second kappa shape index (κ2) is 9.74. The van der Waals surface area contributed by atoms with Crippen LogP contribution in [0.1, 0.15) is 58.7 Å². The van der Waals surface area contributed by atoms with E-state index in [0.717, 1.165) is 17.4 Å².